The maximum absolute atomic E-state index is 13.6. The van der Waals surface area contributed by atoms with Gasteiger partial charge in [-0.15, -0.1) is 0 Å². The van der Waals surface area contributed by atoms with E-state index in [1.165, 1.54) is 11.8 Å². The van der Waals surface area contributed by atoms with Crippen molar-refractivity contribution < 1.29 is 4.39 Å². The number of hydrogen-bond acceptors (Lipinski definition) is 2. The molecule has 2 nitrogen and oxygen atoms in total. The minimum absolute atomic E-state index is 0.163. The van der Waals surface area contributed by atoms with Crippen LogP contribution in [0.25, 0.3) is 0 Å². The van der Waals surface area contributed by atoms with Gasteiger partial charge in [0.15, 0.2) is 0 Å². The molecule has 2 aromatic rings. The number of rotatable bonds is 8. The summed E-state index contributed by atoms with van der Waals surface area (Å²) in [6, 6.07) is 15.3. The number of benzene rings is 2. The lowest BCUT2D eigenvalue weighted by Crippen LogP contribution is -2.24. The monoisotopic (exact) mass is 300 g/mol. The van der Waals surface area contributed by atoms with E-state index >= 15 is 0 Å². The van der Waals surface area contributed by atoms with Crippen molar-refractivity contribution in [2.45, 2.75) is 33.2 Å². The van der Waals surface area contributed by atoms with Gasteiger partial charge in [-0.25, -0.2) is 4.39 Å². The summed E-state index contributed by atoms with van der Waals surface area (Å²) in [7, 11) is 0. The summed E-state index contributed by atoms with van der Waals surface area (Å²) in [4.78, 5) is 2.40. The number of hydrogen-bond donors (Lipinski definition) is 1. The van der Waals surface area contributed by atoms with E-state index in [4.69, 9.17) is 0 Å². The van der Waals surface area contributed by atoms with Crippen LogP contribution in [0.4, 0.5) is 15.8 Å². The van der Waals surface area contributed by atoms with E-state index in [2.05, 4.69) is 48.3 Å². The Kier molecular flexibility index (Phi) is 6.26. The molecule has 0 spiro atoms. The fraction of sp³-hybridized carbons (Fsp3) is 0.368. The summed E-state index contributed by atoms with van der Waals surface area (Å²) in [5.41, 5.74) is 2.95. The molecular formula is C19H25FN2. The highest BCUT2D eigenvalue weighted by Crippen LogP contribution is 2.19. The minimum atomic E-state index is -0.163. The lowest BCUT2D eigenvalue weighted by molar-refractivity contribution is 0.613. The smallest absolute Gasteiger partial charge is 0.128 e. The fourth-order valence-corrected chi connectivity index (χ4v) is 2.54. The highest BCUT2D eigenvalue weighted by molar-refractivity contribution is 5.55. The van der Waals surface area contributed by atoms with Gasteiger partial charge in [0.2, 0.25) is 0 Å². The third kappa shape index (κ3) is 4.48. The second-order valence-corrected chi connectivity index (χ2v) is 5.48. The van der Waals surface area contributed by atoms with Gasteiger partial charge in [0, 0.05) is 36.6 Å². The third-order valence-corrected chi connectivity index (χ3v) is 3.66. The Morgan fingerprint density at radius 3 is 2.14 bits per heavy atom. The molecule has 0 atom stereocenters. The molecule has 0 amide bonds. The summed E-state index contributed by atoms with van der Waals surface area (Å²) >= 11 is 0. The molecule has 22 heavy (non-hydrogen) atoms. The second-order valence-electron chi connectivity index (χ2n) is 5.48. The molecule has 0 aromatic heterocycles. The van der Waals surface area contributed by atoms with Crippen LogP contribution in [0, 0.1) is 5.82 Å². The lowest BCUT2D eigenvalue weighted by atomic mass is 10.2. The van der Waals surface area contributed by atoms with Crippen molar-refractivity contribution in [1.82, 2.24) is 0 Å². The van der Waals surface area contributed by atoms with Crippen molar-refractivity contribution in [3.8, 4) is 0 Å². The Morgan fingerprint density at radius 2 is 1.55 bits per heavy atom. The SMILES string of the molecule is CCCN(CCC)c1ccc(NCc2ccccc2F)cc1. The van der Waals surface area contributed by atoms with Crippen LogP contribution < -0.4 is 10.2 Å². The molecule has 0 aliphatic rings. The predicted molar refractivity (Wildman–Crippen MR) is 93.0 cm³/mol. The largest absolute Gasteiger partial charge is 0.381 e. The van der Waals surface area contributed by atoms with Crippen molar-refractivity contribution >= 4 is 11.4 Å². The van der Waals surface area contributed by atoms with E-state index in [0.717, 1.165) is 31.6 Å². The Morgan fingerprint density at radius 1 is 0.909 bits per heavy atom. The maximum Gasteiger partial charge on any atom is 0.128 e. The van der Waals surface area contributed by atoms with Crippen LogP contribution in [0.3, 0.4) is 0 Å². The topological polar surface area (TPSA) is 15.3 Å². The van der Waals surface area contributed by atoms with Gasteiger partial charge in [-0.3, -0.25) is 0 Å². The van der Waals surface area contributed by atoms with Crippen molar-refractivity contribution in [2.75, 3.05) is 23.3 Å². The molecule has 0 heterocycles. The average Bonchev–Trinajstić information content (AvgIpc) is 2.54. The first kappa shape index (κ1) is 16.3. The zero-order chi connectivity index (χ0) is 15.8. The van der Waals surface area contributed by atoms with Crippen molar-refractivity contribution in [2.24, 2.45) is 0 Å². The van der Waals surface area contributed by atoms with Crippen LogP contribution >= 0.6 is 0 Å². The molecule has 1 N–H and O–H groups in total. The van der Waals surface area contributed by atoms with Crippen molar-refractivity contribution in [3.05, 3.63) is 59.9 Å². The molecule has 2 rings (SSSR count). The van der Waals surface area contributed by atoms with Gasteiger partial charge in [-0.2, -0.15) is 0 Å². The Labute approximate surface area is 133 Å². The van der Waals surface area contributed by atoms with Crippen LogP contribution in [0.15, 0.2) is 48.5 Å². The molecular weight excluding hydrogens is 275 g/mol. The normalized spacial score (nSPS) is 10.5. The lowest BCUT2D eigenvalue weighted by Gasteiger charge is -2.24. The fourth-order valence-electron chi connectivity index (χ4n) is 2.54. The van der Waals surface area contributed by atoms with Crippen molar-refractivity contribution in [1.29, 1.82) is 0 Å². The van der Waals surface area contributed by atoms with Gasteiger partial charge >= 0.3 is 0 Å². The van der Waals surface area contributed by atoms with Crippen LogP contribution in [0.5, 0.6) is 0 Å². The van der Waals surface area contributed by atoms with Gasteiger partial charge in [0.1, 0.15) is 5.82 Å². The van der Waals surface area contributed by atoms with Gasteiger partial charge in [-0.1, -0.05) is 32.0 Å². The molecule has 0 radical (unpaired) electrons. The Balaban J connectivity index is 1.98. The van der Waals surface area contributed by atoms with Crippen LogP contribution in [0.2, 0.25) is 0 Å². The molecule has 3 heteroatoms. The number of halogens is 1. The summed E-state index contributed by atoms with van der Waals surface area (Å²) in [5.74, 6) is -0.163. The van der Waals surface area contributed by atoms with Gasteiger partial charge in [0.05, 0.1) is 0 Å². The van der Waals surface area contributed by atoms with E-state index in [0.29, 0.717) is 12.1 Å². The quantitative estimate of drug-likeness (QED) is 0.732. The first-order valence-corrected chi connectivity index (χ1v) is 8.07. The van der Waals surface area contributed by atoms with Crippen LogP contribution in [-0.2, 0) is 6.54 Å². The zero-order valence-electron chi connectivity index (χ0n) is 13.5. The molecule has 0 bridgehead atoms. The van der Waals surface area contributed by atoms with Gasteiger partial charge < -0.3 is 10.2 Å². The Hall–Kier alpha value is -2.03. The van der Waals surface area contributed by atoms with E-state index in [9.17, 15) is 4.39 Å². The average molecular weight is 300 g/mol. The third-order valence-electron chi connectivity index (χ3n) is 3.66. The molecule has 2 aromatic carbocycles. The molecule has 0 saturated carbocycles. The molecule has 0 aliphatic carbocycles. The van der Waals surface area contributed by atoms with Crippen LogP contribution in [-0.4, -0.2) is 13.1 Å². The maximum atomic E-state index is 13.6. The molecule has 0 aliphatic heterocycles. The van der Waals surface area contributed by atoms with Crippen molar-refractivity contribution in [3.63, 3.8) is 0 Å². The van der Waals surface area contributed by atoms with E-state index in [1.807, 2.05) is 6.07 Å². The summed E-state index contributed by atoms with van der Waals surface area (Å²) in [6.45, 7) is 7.06. The zero-order valence-corrected chi connectivity index (χ0v) is 13.5. The first-order valence-electron chi connectivity index (χ1n) is 8.07. The van der Waals surface area contributed by atoms with E-state index < -0.39 is 0 Å². The van der Waals surface area contributed by atoms with Gasteiger partial charge in [-0.05, 0) is 43.2 Å². The number of anilines is 2. The number of nitrogens with zero attached hydrogens (tertiary/aromatic N) is 1. The standard InChI is InChI=1S/C19H25FN2/c1-3-13-22(14-4-2)18-11-9-17(10-12-18)21-15-16-7-5-6-8-19(16)20/h5-12,21H,3-4,13-15H2,1-2H3. The summed E-state index contributed by atoms with van der Waals surface area (Å²) < 4.78 is 13.6. The van der Waals surface area contributed by atoms with Crippen LogP contribution in [0.1, 0.15) is 32.3 Å². The number of nitrogens with one attached hydrogen (secondary N) is 1. The summed E-state index contributed by atoms with van der Waals surface area (Å²) in [5, 5.41) is 3.27. The van der Waals surface area contributed by atoms with Gasteiger partial charge in [0.25, 0.3) is 0 Å². The van der Waals surface area contributed by atoms with E-state index in [1.54, 1.807) is 12.1 Å². The highest BCUT2D eigenvalue weighted by Gasteiger charge is 2.05. The highest BCUT2D eigenvalue weighted by atomic mass is 19.1. The first-order chi connectivity index (χ1) is 10.7. The predicted octanol–water partition coefficient (Wildman–Crippen LogP) is 5.06. The molecule has 0 saturated heterocycles. The van der Waals surface area contributed by atoms with E-state index in [-0.39, 0.29) is 5.82 Å². The minimum Gasteiger partial charge on any atom is -0.381 e. The second kappa shape index (κ2) is 8.42. The molecule has 0 fully saturated rings. The Bertz CT molecular complexity index is 560. The summed E-state index contributed by atoms with van der Waals surface area (Å²) in [6.07, 6.45) is 2.29. The molecule has 0 unspecified atom stereocenters. The molecule has 118 valence electrons.